The van der Waals surface area contributed by atoms with Gasteiger partial charge in [0.1, 0.15) is 0 Å². The largest absolute Gasteiger partial charge is 0.310 e. The molecule has 2 atom stereocenters. The molecule has 0 spiro atoms. The Labute approximate surface area is 112 Å². The zero-order valence-corrected chi connectivity index (χ0v) is 10.9. The first-order valence-corrected chi connectivity index (χ1v) is 6.92. The second kappa shape index (κ2) is 5.27. The molecule has 0 radical (unpaired) electrons. The van der Waals surface area contributed by atoms with Gasteiger partial charge < -0.3 is 5.32 Å². The van der Waals surface area contributed by atoms with Crippen LogP contribution in [0.3, 0.4) is 0 Å². The fraction of sp³-hybridized carbons (Fsp3) is 0.571. The Morgan fingerprint density at radius 1 is 1.21 bits per heavy atom. The van der Waals surface area contributed by atoms with Crippen molar-refractivity contribution in [3.8, 4) is 0 Å². The van der Waals surface area contributed by atoms with Gasteiger partial charge in [0.2, 0.25) is 0 Å². The standard InChI is InChI=1S/C14H19N3O2/c18-17(19)14-5-1-11(2-6-14)9-16-8-7-12-3-4-13(10-16)15-12/h1-2,5-6,12-13,15H,3-4,7-10H2. The van der Waals surface area contributed by atoms with Crippen molar-refractivity contribution < 1.29 is 4.92 Å². The number of fused-ring (bicyclic) bond motifs is 2. The van der Waals surface area contributed by atoms with Crippen LogP contribution in [0.1, 0.15) is 24.8 Å². The van der Waals surface area contributed by atoms with Gasteiger partial charge in [-0.3, -0.25) is 15.0 Å². The highest BCUT2D eigenvalue weighted by atomic mass is 16.6. The average molecular weight is 261 g/mol. The number of nitrogens with one attached hydrogen (secondary N) is 1. The van der Waals surface area contributed by atoms with Crippen molar-refractivity contribution in [2.45, 2.75) is 37.9 Å². The molecule has 1 aromatic carbocycles. The van der Waals surface area contributed by atoms with Gasteiger partial charge in [-0.15, -0.1) is 0 Å². The zero-order valence-electron chi connectivity index (χ0n) is 10.9. The summed E-state index contributed by atoms with van der Waals surface area (Å²) < 4.78 is 0. The molecule has 5 heteroatoms. The molecule has 1 N–H and O–H groups in total. The Morgan fingerprint density at radius 3 is 2.68 bits per heavy atom. The third kappa shape index (κ3) is 2.93. The first kappa shape index (κ1) is 12.6. The summed E-state index contributed by atoms with van der Waals surface area (Å²) in [6.45, 7) is 3.10. The van der Waals surface area contributed by atoms with Crippen molar-refractivity contribution in [3.63, 3.8) is 0 Å². The van der Waals surface area contributed by atoms with E-state index in [-0.39, 0.29) is 10.6 Å². The number of rotatable bonds is 3. The van der Waals surface area contributed by atoms with Gasteiger partial charge in [0.05, 0.1) is 4.92 Å². The summed E-state index contributed by atoms with van der Waals surface area (Å²) in [6.07, 6.45) is 3.81. The molecule has 3 rings (SSSR count). The number of hydrogen-bond acceptors (Lipinski definition) is 4. The Kier molecular flexibility index (Phi) is 3.48. The van der Waals surface area contributed by atoms with E-state index in [0.29, 0.717) is 12.1 Å². The molecule has 2 unspecified atom stereocenters. The number of nitro benzene ring substituents is 1. The van der Waals surface area contributed by atoms with Gasteiger partial charge in [0, 0.05) is 43.9 Å². The van der Waals surface area contributed by atoms with Gasteiger partial charge in [0.15, 0.2) is 0 Å². The summed E-state index contributed by atoms with van der Waals surface area (Å²) in [6, 6.07) is 8.26. The van der Waals surface area contributed by atoms with Crippen LogP contribution in [0.15, 0.2) is 24.3 Å². The monoisotopic (exact) mass is 261 g/mol. The van der Waals surface area contributed by atoms with E-state index >= 15 is 0 Å². The molecule has 2 aliphatic heterocycles. The van der Waals surface area contributed by atoms with Crippen molar-refractivity contribution in [1.82, 2.24) is 10.2 Å². The van der Waals surface area contributed by atoms with Crippen molar-refractivity contribution in [2.75, 3.05) is 13.1 Å². The van der Waals surface area contributed by atoms with E-state index in [9.17, 15) is 10.1 Å². The molecule has 1 aromatic rings. The fourth-order valence-electron chi connectivity index (χ4n) is 3.14. The lowest BCUT2D eigenvalue weighted by Gasteiger charge is -2.23. The van der Waals surface area contributed by atoms with Gasteiger partial charge in [-0.1, -0.05) is 12.1 Å². The predicted octanol–water partition coefficient (Wildman–Crippen LogP) is 1.92. The molecule has 0 amide bonds. The van der Waals surface area contributed by atoms with Crippen LogP contribution in [0, 0.1) is 10.1 Å². The third-order valence-electron chi connectivity index (χ3n) is 4.16. The minimum Gasteiger partial charge on any atom is -0.310 e. The molecule has 5 nitrogen and oxygen atoms in total. The maximum atomic E-state index is 10.6. The number of nitrogens with zero attached hydrogens (tertiary/aromatic N) is 2. The van der Waals surface area contributed by atoms with Crippen LogP contribution in [0.5, 0.6) is 0 Å². The van der Waals surface area contributed by atoms with Crippen LogP contribution in [-0.2, 0) is 6.54 Å². The summed E-state index contributed by atoms with van der Waals surface area (Å²) in [7, 11) is 0. The minimum atomic E-state index is -0.349. The van der Waals surface area contributed by atoms with E-state index in [1.165, 1.54) is 19.3 Å². The topological polar surface area (TPSA) is 58.4 Å². The quantitative estimate of drug-likeness (QED) is 0.667. The molecule has 0 saturated carbocycles. The number of benzene rings is 1. The molecule has 2 saturated heterocycles. The van der Waals surface area contributed by atoms with Crippen LogP contribution in [-0.4, -0.2) is 35.0 Å². The number of hydrogen-bond donors (Lipinski definition) is 1. The smallest absolute Gasteiger partial charge is 0.269 e. The average Bonchev–Trinajstić information content (AvgIpc) is 2.73. The van der Waals surface area contributed by atoms with E-state index in [2.05, 4.69) is 10.2 Å². The van der Waals surface area contributed by atoms with E-state index < -0.39 is 0 Å². The maximum absolute atomic E-state index is 10.6. The Hall–Kier alpha value is -1.46. The highest BCUT2D eigenvalue weighted by molar-refractivity contribution is 5.32. The molecular formula is C14H19N3O2. The van der Waals surface area contributed by atoms with Gasteiger partial charge >= 0.3 is 0 Å². The molecule has 2 heterocycles. The van der Waals surface area contributed by atoms with Crippen LogP contribution in [0.2, 0.25) is 0 Å². The third-order valence-corrected chi connectivity index (χ3v) is 4.16. The van der Waals surface area contributed by atoms with Crippen molar-refractivity contribution in [1.29, 1.82) is 0 Å². The van der Waals surface area contributed by atoms with E-state index in [1.54, 1.807) is 12.1 Å². The van der Waals surface area contributed by atoms with Crippen LogP contribution < -0.4 is 5.32 Å². The maximum Gasteiger partial charge on any atom is 0.269 e. The first-order valence-electron chi connectivity index (χ1n) is 6.92. The van der Waals surface area contributed by atoms with Crippen molar-refractivity contribution in [3.05, 3.63) is 39.9 Å². The molecule has 0 aliphatic carbocycles. The second-order valence-corrected chi connectivity index (χ2v) is 5.59. The minimum absolute atomic E-state index is 0.167. The molecule has 2 fully saturated rings. The number of nitro groups is 1. The Morgan fingerprint density at radius 2 is 1.95 bits per heavy atom. The molecular weight excluding hydrogens is 242 g/mol. The van der Waals surface area contributed by atoms with Gasteiger partial charge in [0.25, 0.3) is 5.69 Å². The summed E-state index contributed by atoms with van der Waals surface area (Å²) in [5, 5.41) is 14.3. The van der Waals surface area contributed by atoms with E-state index in [1.807, 2.05) is 12.1 Å². The van der Waals surface area contributed by atoms with Gasteiger partial charge in [-0.05, 0) is 24.8 Å². The molecule has 0 aromatic heterocycles. The highest BCUT2D eigenvalue weighted by Gasteiger charge is 2.28. The normalized spacial score (nSPS) is 27.2. The fourth-order valence-corrected chi connectivity index (χ4v) is 3.14. The summed E-state index contributed by atoms with van der Waals surface area (Å²) in [4.78, 5) is 12.7. The molecule has 19 heavy (non-hydrogen) atoms. The van der Waals surface area contributed by atoms with Crippen LogP contribution in [0.4, 0.5) is 5.69 Å². The summed E-state index contributed by atoms with van der Waals surface area (Å²) in [5.74, 6) is 0. The van der Waals surface area contributed by atoms with Crippen LogP contribution in [0.25, 0.3) is 0 Å². The lowest BCUT2D eigenvalue weighted by atomic mass is 10.1. The lowest BCUT2D eigenvalue weighted by molar-refractivity contribution is -0.384. The second-order valence-electron chi connectivity index (χ2n) is 5.59. The van der Waals surface area contributed by atoms with Crippen LogP contribution >= 0.6 is 0 Å². The molecule has 102 valence electrons. The van der Waals surface area contributed by atoms with Crippen molar-refractivity contribution in [2.24, 2.45) is 0 Å². The summed E-state index contributed by atoms with van der Waals surface area (Å²) >= 11 is 0. The molecule has 2 aliphatic rings. The predicted molar refractivity (Wildman–Crippen MR) is 72.9 cm³/mol. The Bertz CT molecular complexity index is 460. The summed E-state index contributed by atoms with van der Waals surface area (Å²) in [5.41, 5.74) is 1.32. The highest BCUT2D eigenvalue weighted by Crippen LogP contribution is 2.22. The zero-order chi connectivity index (χ0) is 13.2. The lowest BCUT2D eigenvalue weighted by Crippen LogP contribution is -2.34. The van der Waals surface area contributed by atoms with E-state index in [4.69, 9.17) is 0 Å². The van der Waals surface area contributed by atoms with Gasteiger partial charge in [-0.2, -0.15) is 0 Å². The molecule has 2 bridgehead atoms. The first-order chi connectivity index (χ1) is 9.20. The number of likely N-dealkylation sites (tertiary alicyclic amines) is 1. The number of non-ortho nitro benzene ring substituents is 1. The van der Waals surface area contributed by atoms with Crippen molar-refractivity contribution >= 4 is 5.69 Å². The van der Waals surface area contributed by atoms with E-state index in [0.717, 1.165) is 25.2 Å². The Balaban J connectivity index is 1.62. The SMILES string of the molecule is O=[N+]([O-])c1ccc(CN2CCC3CCC(C2)N3)cc1. The van der Waals surface area contributed by atoms with Gasteiger partial charge in [-0.25, -0.2) is 0 Å².